The second-order valence-corrected chi connectivity index (χ2v) is 5.59. The van der Waals surface area contributed by atoms with Crippen molar-refractivity contribution in [3.05, 3.63) is 40.6 Å². The molecule has 0 bridgehead atoms. The molecule has 6 heteroatoms. The summed E-state index contributed by atoms with van der Waals surface area (Å²) in [4.78, 5) is 15.4. The van der Waals surface area contributed by atoms with Crippen molar-refractivity contribution in [2.24, 2.45) is 0 Å². The Kier molecular flexibility index (Phi) is 4.04. The number of halogens is 1. The Bertz CT molecular complexity index is 591. The van der Waals surface area contributed by atoms with Crippen molar-refractivity contribution in [2.75, 3.05) is 5.88 Å². The molecule has 0 amide bonds. The van der Waals surface area contributed by atoms with E-state index in [2.05, 4.69) is 4.98 Å². The van der Waals surface area contributed by atoms with E-state index in [4.69, 9.17) is 11.6 Å². The maximum atomic E-state index is 11.1. The van der Waals surface area contributed by atoms with E-state index in [1.165, 1.54) is 18.0 Å². The fourth-order valence-electron chi connectivity index (χ4n) is 1.59. The molecule has 1 heterocycles. The number of benzene rings is 1. The van der Waals surface area contributed by atoms with Crippen LogP contribution in [0.4, 0.5) is 5.69 Å². The van der Waals surface area contributed by atoms with Crippen LogP contribution in [0.25, 0.3) is 10.9 Å². The number of rotatable bonds is 4. The van der Waals surface area contributed by atoms with Crippen LogP contribution in [0.5, 0.6) is 0 Å². The molecule has 0 saturated carbocycles. The van der Waals surface area contributed by atoms with Crippen LogP contribution in [0.3, 0.4) is 0 Å². The van der Waals surface area contributed by atoms with Gasteiger partial charge in [-0.3, -0.25) is 10.1 Å². The first-order chi connectivity index (χ1) is 8.63. The number of hydrogen-bond acceptors (Lipinski definition) is 4. The lowest BCUT2D eigenvalue weighted by atomic mass is 10.2. The van der Waals surface area contributed by atoms with Crippen LogP contribution in [-0.4, -0.2) is 21.0 Å². The van der Waals surface area contributed by atoms with Crippen molar-refractivity contribution in [1.82, 2.24) is 4.98 Å². The molecular weight excluding hydrogens is 272 g/mol. The Morgan fingerprint density at radius 2 is 2.22 bits per heavy atom. The van der Waals surface area contributed by atoms with Crippen molar-refractivity contribution in [2.45, 2.75) is 17.1 Å². The van der Waals surface area contributed by atoms with Gasteiger partial charge >= 0.3 is 5.69 Å². The summed E-state index contributed by atoms with van der Waals surface area (Å²) in [6.45, 7) is 1.94. The van der Waals surface area contributed by atoms with Crippen LogP contribution < -0.4 is 0 Å². The molecule has 0 spiro atoms. The summed E-state index contributed by atoms with van der Waals surface area (Å²) in [6, 6.07) is 7.40. The van der Waals surface area contributed by atoms with Crippen LogP contribution in [-0.2, 0) is 0 Å². The van der Waals surface area contributed by atoms with Crippen molar-refractivity contribution in [1.29, 1.82) is 0 Å². The molecule has 2 rings (SSSR count). The third kappa shape index (κ3) is 2.57. The highest BCUT2D eigenvalue weighted by Crippen LogP contribution is 2.37. The monoisotopic (exact) mass is 282 g/mol. The van der Waals surface area contributed by atoms with Crippen LogP contribution >= 0.6 is 23.4 Å². The number of hydrogen-bond donors (Lipinski definition) is 0. The number of aromatic nitrogens is 1. The van der Waals surface area contributed by atoms with E-state index in [1.807, 2.05) is 31.2 Å². The second kappa shape index (κ2) is 5.54. The lowest BCUT2D eigenvalue weighted by Gasteiger charge is -2.10. The van der Waals surface area contributed by atoms with Crippen molar-refractivity contribution >= 4 is 40.0 Å². The molecule has 18 heavy (non-hydrogen) atoms. The van der Waals surface area contributed by atoms with Crippen molar-refractivity contribution in [3.63, 3.8) is 0 Å². The molecule has 0 N–H and O–H groups in total. The van der Waals surface area contributed by atoms with Gasteiger partial charge in [0.15, 0.2) is 0 Å². The summed E-state index contributed by atoms with van der Waals surface area (Å²) in [5, 5.41) is 12.0. The van der Waals surface area contributed by atoms with Gasteiger partial charge in [-0.1, -0.05) is 25.1 Å². The first kappa shape index (κ1) is 13.1. The maximum absolute atomic E-state index is 11.1. The summed E-state index contributed by atoms with van der Waals surface area (Å²) in [6.07, 6.45) is 1.31. The third-order valence-electron chi connectivity index (χ3n) is 2.44. The molecule has 0 fully saturated rings. The minimum atomic E-state index is -0.400. The number of para-hydroxylation sites is 1. The van der Waals surface area contributed by atoms with E-state index in [0.29, 0.717) is 10.8 Å². The number of nitro groups is 1. The number of alkyl halides is 1. The molecule has 0 saturated heterocycles. The normalized spacial score (nSPS) is 12.6. The Morgan fingerprint density at radius 1 is 1.50 bits per heavy atom. The topological polar surface area (TPSA) is 56.0 Å². The Labute approximate surface area is 114 Å². The molecule has 1 aromatic heterocycles. The van der Waals surface area contributed by atoms with Gasteiger partial charge in [0.05, 0.1) is 15.3 Å². The lowest BCUT2D eigenvalue weighted by Crippen LogP contribution is -2.00. The van der Waals surface area contributed by atoms with Gasteiger partial charge in [0.1, 0.15) is 6.20 Å². The van der Waals surface area contributed by atoms with E-state index < -0.39 is 4.92 Å². The van der Waals surface area contributed by atoms with Gasteiger partial charge < -0.3 is 0 Å². The zero-order valence-corrected chi connectivity index (χ0v) is 11.2. The molecule has 4 nitrogen and oxygen atoms in total. The zero-order chi connectivity index (χ0) is 13.1. The van der Waals surface area contributed by atoms with Gasteiger partial charge in [-0.15, -0.1) is 23.4 Å². The first-order valence-electron chi connectivity index (χ1n) is 5.38. The van der Waals surface area contributed by atoms with E-state index in [9.17, 15) is 10.1 Å². The van der Waals surface area contributed by atoms with Crippen LogP contribution in [0.1, 0.15) is 6.92 Å². The first-order valence-corrected chi connectivity index (χ1v) is 6.79. The summed E-state index contributed by atoms with van der Waals surface area (Å²) in [5.74, 6) is 0.443. The van der Waals surface area contributed by atoms with Crippen LogP contribution in [0.2, 0.25) is 0 Å². The summed E-state index contributed by atoms with van der Waals surface area (Å²) in [5.41, 5.74) is 0.794. The molecule has 1 atom stereocenters. The van der Waals surface area contributed by atoms with Crippen molar-refractivity contribution in [3.8, 4) is 0 Å². The van der Waals surface area contributed by atoms with Crippen LogP contribution in [0, 0.1) is 10.1 Å². The van der Waals surface area contributed by atoms with E-state index in [-0.39, 0.29) is 10.9 Å². The molecule has 1 unspecified atom stereocenters. The minimum absolute atomic E-state index is 0.0377. The molecule has 0 aliphatic heterocycles. The molecular formula is C12H11ClN2O2S. The standard InChI is InChI=1S/C12H11ClN2O2S/c1-8(6-13)18-12-9-4-2-3-5-10(9)14-7-11(12)15(16)17/h2-5,7-8H,6H2,1H3. The summed E-state index contributed by atoms with van der Waals surface area (Å²) in [7, 11) is 0. The number of thioether (sulfide) groups is 1. The van der Waals surface area contributed by atoms with E-state index in [0.717, 1.165) is 10.9 Å². The number of pyridine rings is 1. The molecule has 0 aliphatic carbocycles. The summed E-state index contributed by atoms with van der Waals surface area (Å²) < 4.78 is 0. The Hall–Kier alpha value is -1.33. The Balaban J connectivity index is 2.62. The highest BCUT2D eigenvalue weighted by molar-refractivity contribution is 8.00. The lowest BCUT2D eigenvalue weighted by molar-refractivity contribution is -0.387. The molecule has 1 aromatic carbocycles. The predicted octanol–water partition coefficient (Wildman–Crippen LogP) is 3.86. The number of fused-ring (bicyclic) bond motifs is 1. The van der Waals surface area contributed by atoms with E-state index in [1.54, 1.807) is 0 Å². The minimum Gasteiger partial charge on any atom is -0.258 e. The van der Waals surface area contributed by atoms with Gasteiger partial charge in [0.25, 0.3) is 0 Å². The predicted molar refractivity (Wildman–Crippen MR) is 74.4 cm³/mol. The summed E-state index contributed by atoms with van der Waals surface area (Å²) >= 11 is 7.19. The van der Waals surface area contributed by atoms with Gasteiger partial charge in [-0.05, 0) is 6.07 Å². The average molecular weight is 283 g/mol. The largest absolute Gasteiger partial charge is 0.301 e. The quantitative estimate of drug-likeness (QED) is 0.370. The highest BCUT2D eigenvalue weighted by atomic mass is 35.5. The smallest absolute Gasteiger partial charge is 0.258 e. The Morgan fingerprint density at radius 3 is 2.89 bits per heavy atom. The van der Waals surface area contributed by atoms with Crippen LogP contribution in [0.15, 0.2) is 35.4 Å². The molecule has 0 aliphatic rings. The zero-order valence-electron chi connectivity index (χ0n) is 9.67. The van der Waals surface area contributed by atoms with Gasteiger partial charge in [0, 0.05) is 16.5 Å². The SMILES string of the molecule is CC(CCl)Sc1c([N+](=O)[O-])cnc2ccccc12. The third-order valence-corrected chi connectivity index (χ3v) is 4.32. The molecule has 2 aromatic rings. The fourth-order valence-corrected chi connectivity index (χ4v) is 2.79. The average Bonchev–Trinajstić information content (AvgIpc) is 2.38. The van der Waals surface area contributed by atoms with Gasteiger partial charge in [0.2, 0.25) is 0 Å². The van der Waals surface area contributed by atoms with Gasteiger partial charge in [-0.2, -0.15) is 0 Å². The second-order valence-electron chi connectivity index (χ2n) is 3.83. The van der Waals surface area contributed by atoms with E-state index >= 15 is 0 Å². The number of nitrogens with zero attached hydrogens (tertiary/aromatic N) is 2. The fraction of sp³-hybridized carbons (Fsp3) is 0.250. The van der Waals surface area contributed by atoms with Gasteiger partial charge in [-0.25, -0.2) is 4.98 Å². The maximum Gasteiger partial charge on any atom is 0.301 e. The molecule has 0 radical (unpaired) electrons. The molecule has 94 valence electrons. The highest BCUT2D eigenvalue weighted by Gasteiger charge is 2.20. The van der Waals surface area contributed by atoms with Crippen molar-refractivity contribution < 1.29 is 4.92 Å².